The average Bonchev–Trinajstić information content (AvgIpc) is 3.20. The van der Waals surface area contributed by atoms with Crippen LogP contribution in [0.4, 0.5) is 0 Å². The average molecular weight is 381 g/mol. The molecule has 0 N–H and O–H groups in total. The summed E-state index contributed by atoms with van der Waals surface area (Å²) >= 11 is 6.02. The Morgan fingerprint density at radius 1 is 1.00 bits per heavy atom. The van der Waals surface area contributed by atoms with E-state index in [-0.39, 0.29) is 18.1 Å². The number of aromatic nitrogens is 2. The van der Waals surface area contributed by atoms with Crippen molar-refractivity contribution < 1.29 is 9.21 Å². The van der Waals surface area contributed by atoms with E-state index in [4.69, 9.17) is 16.0 Å². The SMILES string of the molecule is O=C(Cn1c(=O)n(-c2cccc(Cl)c2)c(=O)c2ccccc21)c1ccco1. The number of fused-ring (bicyclic) bond motifs is 1. The van der Waals surface area contributed by atoms with Gasteiger partial charge in [-0.2, -0.15) is 0 Å². The fourth-order valence-corrected chi connectivity index (χ4v) is 3.16. The predicted octanol–water partition coefficient (Wildman–Crippen LogP) is 3.28. The van der Waals surface area contributed by atoms with Gasteiger partial charge in [0.05, 0.1) is 29.4 Å². The van der Waals surface area contributed by atoms with E-state index in [0.29, 0.717) is 21.6 Å². The van der Waals surface area contributed by atoms with Crippen LogP contribution in [-0.2, 0) is 6.54 Å². The number of carbonyl (C=O) groups excluding carboxylic acids is 1. The summed E-state index contributed by atoms with van der Waals surface area (Å²) in [5, 5.41) is 0.717. The Hall–Kier alpha value is -3.38. The van der Waals surface area contributed by atoms with Crippen molar-refractivity contribution in [1.29, 1.82) is 0 Å². The Morgan fingerprint density at radius 2 is 1.81 bits per heavy atom. The second-order valence-electron chi connectivity index (χ2n) is 5.91. The van der Waals surface area contributed by atoms with Crippen LogP contribution in [0.15, 0.2) is 80.9 Å². The van der Waals surface area contributed by atoms with E-state index < -0.39 is 11.2 Å². The highest BCUT2D eigenvalue weighted by atomic mass is 35.5. The quantitative estimate of drug-likeness (QED) is 0.509. The number of halogens is 1. The third-order valence-electron chi connectivity index (χ3n) is 4.21. The standard InChI is InChI=1S/C20H13ClN2O4/c21-13-5-3-6-14(11-13)23-19(25)15-7-1-2-8-16(15)22(20(23)26)12-17(24)18-9-4-10-27-18/h1-11H,12H2. The van der Waals surface area contributed by atoms with Gasteiger partial charge in [0.15, 0.2) is 5.76 Å². The van der Waals surface area contributed by atoms with Crippen LogP contribution in [-0.4, -0.2) is 14.9 Å². The predicted molar refractivity (Wildman–Crippen MR) is 102 cm³/mol. The molecule has 2 aromatic carbocycles. The first-order chi connectivity index (χ1) is 13.1. The van der Waals surface area contributed by atoms with E-state index in [1.807, 2.05) is 0 Å². The highest BCUT2D eigenvalue weighted by Gasteiger charge is 2.18. The highest BCUT2D eigenvalue weighted by Crippen LogP contribution is 2.15. The van der Waals surface area contributed by atoms with Crippen molar-refractivity contribution in [2.24, 2.45) is 0 Å². The number of rotatable bonds is 4. The van der Waals surface area contributed by atoms with Crippen molar-refractivity contribution in [3.05, 3.63) is 98.5 Å². The lowest BCUT2D eigenvalue weighted by Gasteiger charge is -2.13. The zero-order chi connectivity index (χ0) is 19.0. The van der Waals surface area contributed by atoms with Crippen LogP contribution < -0.4 is 11.2 Å². The molecule has 0 fully saturated rings. The molecule has 6 nitrogen and oxygen atoms in total. The molecule has 0 unspecified atom stereocenters. The van der Waals surface area contributed by atoms with Gasteiger partial charge in [-0.1, -0.05) is 29.8 Å². The molecule has 0 saturated heterocycles. The van der Waals surface area contributed by atoms with Crippen LogP contribution in [0, 0.1) is 0 Å². The van der Waals surface area contributed by atoms with Gasteiger partial charge in [-0.15, -0.1) is 0 Å². The third-order valence-corrected chi connectivity index (χ3v) is 4.45. The first kappa shape index (κ1) is 17.1. The van der Waals surface area contributed by atoms with Gasteiger partial charge < -0.3 is 4.42 Å². The van der Waals surface area contributed by atoms with E-state index >= 15 is 0 Å². The molecule has 7 heteroatoms. The number of nitrogens with zero attached hydrogens (tertiary/aromatic N) is 2. The summed E-state index contributed by atoms with van der Waals surface area (Å²) in [6, 6.07) is 16.2. The second-order valence-corrected chi connectivity index (χ2v) is 6.34. The minimum Gasteiger partial charge on any atom is -0.461 e. The summed E-state index contributed by atoms with van der Waals surface area (Å²) < 4.78 is 7.41. The number of hydrogen-bond donors (Lipinski definition) is 0. The van der Waals surface area contributed by atoms with Crippen LogP contribution in [0.25, 0.3) is 16.6 Å². The summed E-state index contributed by atoms with van der Waals surface area (Å²) in [6.07, 6.45) is 1.39. The molecule has 0 spiro atoms. The summed E-state index contributed by atoms with van der Waals surface area (Å²) in [6.45, 7) is -0.256. The van der Waals surface area contributed by atoms with E-state index in [0.717, 1.165) is 4.57 Å². The van der Waals surface area contributed by atoms with Crippen molar-refractivity contribution in [3.8, 4) is 5.69 Å². The topological polar surface area (TPSA) is 74.2 Å². The molecule has 0 amide bonds. The molecule has 0 saturated carbocycles. The van der Waals surface area contributed by atoms with Crippen molar-refractivity contribution in [1.82, 2.24) is 9.13 Å². The zero-order valence-corrected chi connectivity index (χ0v) is 14.7. The maximum Gasteiger partial charge on any atom is 0.336 e. The van der Waals surface area contributed by atoms with Crippen LogP contribution in [0.1, 0.15) is 10.6 Å². The van der Waals surface area contributed by atoms with Crippen molar-refractivity contribution in [3.63, 3.8) is 0 Å². The summed E-state index contributed by atoms with van der Waals surface area (Å²) in [5.74, 6) is -0.227. The molecule has 0 bridgehead atoms. The molecule has 4 aromatic rings. The Balaban J connectivity index is 1.99. The molecule has 2 heterocycles. The summed E-state index contributed by atoms with van der Waals surface area (Å²) in [7, 11) is 0. The normalized spacial score (nSPS) is 11.0. The lowest BCUT2D eigenvalue weighted by molar-refractivity contribution is 0.0944. The number of Topliss-reactive ketones (excluding diaryl/α,β-unsaturated/α-hetero) is 1. The lowest BCUT2D eigenvalue weighted by atomic mass is 10.2. The summed E-state index contributed by atoms with van der Waals surface area (Å²) in [5.41, 5.74) is -0.381. The second kappa shape index (κ2) is 6.74. The van der Waals surface area contributed by atoms with Gasteiger partial charge >= 0.3 is 5.69 Å². The molecule has 2 aromatic heterocycles. The van der Waals surface area contributed by atoms with Crippen molar-refractivity contribution in [2.45, 2.75) is 6.54 Å². The van der Waals surface area contributed by atoms with Gasteiger partial charge in [0.25, 0.3) is 5.56 Å². The minimum atomic E-state index is -0.624. The van der Waals surface area contributed by atoms with Crippen LogP contribution in [0.3, 0.4) is 0 Å². The number of ketones is 1. The van der Waals surface area contributed by atoms with Gasteiger partial charge in [0.1, 0.15) is 0 Å². The maximum atomic E-state index is 13.1. The third kappa shape index (κ3) is 3.00. The number of benzene rings is 2. The Labute approximate surface area is 157 Å². The van der Waals surface area contributed by atoms with E-state index in [1.54, 1.807) is 48.5 Å². The van der Waals surface area contributed by atoms with Gasteiger partial charge in [-0.25, -0.2) is 9.36 Å². The van der Waals surface area contributed by atoms with Gasteiger partial charge in [-0.3, -0.25) is 14.2 Å². The first-order valence-corrected chi connectivity index (χ1v) is 8.51. The monoisotopic (exact) mass is 380 g/mol. The van der Waals surface area contributed by atoms with Gasteiger partial charge in [-0.05, 0) is 42.5 Å². The largest absolute Gasteiger partial charge is 0.461 e. The van der Waals surface area contributed by atoms with Crippen LogP contribution in [0.2, 0.25) is 5.02 Å². The molecule has 0 radical (unpaired) electrons. The Bertz CT molecular complexity index is 1270. The molecular weight excluding hydrogens is 368 g/mol. The molecule has 27 heavy (non-hydrogen) atoms. The molecule has 0 aliphatic rings. The van der Waals surface area contributed by atoms with Gasteiger partial charge in [0.2, 0.25) is 5.78 Å². The molecule has 4 rings (SSSR count). The minimum absolute atomic E-state index is 0.145. The first-order valence-electron chi connectivity index (χ1n) is 8.13. The van der Waals surface area contributed by atoms with Gasteiger partial charge in [0, 0.05) is 5.02 Å². The molecular formula is C20H13ClN2O4. The van der Waals surface area contributed by atoms with E-state index in [9.17, 15) is 14.4 Å². The maximum absolute atomic E-state index is 13.1. The fraction of sp³-hybridized carbons (Fsp3) is 0.0500. The Morgan fingerprint density at radius 3 is 2.56 bits per heavy atom. The zero-order valence-electron chi connectivity index (χ0n) is 14.0. The molecule has 0 atom stereocenters. The number of hydrogen-bond acceptors (Lipinski definition) is 4. The van der Waals surface area contributed by atoms with E-state index in [1.165, 1.54) is 23.0 Å². The Kier molecular flexibility index (Phi) is 4.25. The summed E-state index contributed by atoms with van der Waals surface area (Å²) in [4.78, 5) is 38.5. The van der Waals surface area contributed by atoms with Crippen LogP contribution in [0.5, 0.6) is 0 Å². The number of carbonyl (C=O) groups is 1. The number of para-hydroxylation sites is 1. The smallest absolute Gasteiger partial charge is 0.336 e. The molecule has 0 aliphatic carbocycles. The lowest BCUT2D eigenvalue weighted by Crippen LogP contribution is -2.40. The fourth-order valence-electron chi connectivity index (χ4n) is 2.98. The van der Waals surface area contributed by atoms with Crippen molar-refractivity contribution in [2.75, 3.05) is 0 Å². The van der Waals surface area contributed by atoms with Crippen LogP contribution >= 0.6 is 11.6 Å². The number of furan rings is 1. The highest BCUT2D eigenvalue weighted by molar-refractivity contribution is 6.30. The van der Waals surface area contributed by atoms with Crippen molar-refractivity contribution >= 4 is 28.3 Å². The van der Waals surface area contributed by atoms with E-state index in [2.05, 4.69) is 0 Å². The molecule has 134 valence electrons. The molecule has 0 aliphatic heterocycles.